The third-order valence-corrected chi connectivity index (χ3v) is 8.56. The normalized spacial score (nSPS) is 15.2. The van der Waals surface area contributed by atoms with Crippen molar-refractivity contribution >= 4 is 55.2 Å². The molecule has 0 unspecified atom stereocenters. The van der Waals surface area contributed by atoms with Gasteiger partial charge in [0.15, 0.2) is 4.80 Å². The van der Waals surface area contributed by atoms with E-state index in [0.29, 0.717) is 42.3 Å². The molecule has 2 aromatic heterocycles. The van der Waals surface area contributed by atoms with Crippen LogP contribution in [0.4, 0.5) is 0 Å². The van der Waals surface area contributed by atoms with E-state index in [-0.39, 0.29) is 12.2 Å². The van der Waals surface area contributed by atoms with Crippen molar-refractivity contribution < 1.29 is 18.7 Å². The number of rotatable bonds is 6. The summed E-state index contributed by atoms with van der Waals surface area (Å²) in [5.74, 6) is 1.35. The minimum Gasteiger partial charge on any atom is -0.496 e. The van der Waals surface area contributed by atoms with Gasteiger partial charge in [-0.2, -0.15) is 0 Å². The summed E-state index contributed by atoms with van der Waals surface area (Å²) in [4.78, 5) is 32.0. The van der Waals surface area contributed by atoms with Crippen LogP contribution in [0.15, 0.2) is 83.0 Å². The molecule has 0 fully saturated rings. The maximum absolute atomic E-state index is 13.8. The van der Waals surface area contributed by atoms with Gasteiger partial charge in [-0.25, -0.2) is 9.79 Å². The van der Waals surface area contributed by atoms with E-state index in [1.165, 1.54) is 11.3 Å². The van der Waals surface area contributed by atoms with Crippen molar-refractivity contribution in [1.82, 2.24) is 4.57 Å². The van der Waals surface area contributed by atoms with E-state index in [1.807, 2.05) is 49.4 Å². The van der Waals surface area contributed by atoms with Crippen molar-refractivity contribution in [3.63, 3.8) is 0 Å². The number of esters is 1. The van der Waals surface area contributed by atoms with Crippen molar-refractivity contribution in [1.29, 1.82) is 0 Å². The summed E-state index contributed by atoms with van der Waals surface area (Å²) < 4.78 is 20.4. The molecule has 0 N–H and O–H groups in total. The summed E-state index contributed by atoms with van der Waals surface area (Å²) in [5, 5.41) is 0. The highest BCUT2D eigenvalue weighted by Crippen LogP contribution is 2.35. The molecule has 7 nitrogen and oxygen atoms in total. The van der Waals surface area contributed by atoms with Crippen LogP contribution in [-0.4, -0.2) is 24.3 Å². The molecule has 4 aromatic rings. The Morgan fingerprint density at radius 2 is 1.92 bits per heavy atom. The third-order valence-electron chi connectivity index (χ3n) is 6.30. The first-order valence-corrected chi connectivity index (χ1v) is 14.5. The summed E-state index contributed by atoms with van der Waals surface area (Å²) in [6.07, 6.45) is 1.71. The number of benzene rings is 2. The lowest BCUT2D eigenvalue weighted by molar-refractivity contribution is -0.139. The Balaban J connectivity index is 1.65. The van der Waals surface area contributed by atoms with Crippen LogP contribution in [0.3, 0.4) is 0 Å². The first-order chi connectivity index (χ1) is 18.7. The number of methoxy groups -OCH3 is 1. The lowest BCUT2D eigenvalue weighted by Gasteiger charge is -2.25. The Hall–Kier alpha value is -3.21. The predicted octanol–water partition coefficient (Wildman–Crippen LogP) is 5.90. The fourth-order valence-corrected chi connectivity index (χ4v) is 6.76. The van der Waals surface area contributed by atoms with E-state index in [4.69, 9.17) is 13.9 Å². The van der Waals surface area contributed by atoms with Gasteiger partial charge >= 0.3 is 5.97 Å². The zero-order chi connectivity index (χ0) is 27.8. The van der Waals surface area contributed by atoms with Crippen molar-refractivity contribution in [3.05, 3.63) is 105 Å². The second-order valence-electron chi connectivity index (χ2n) is 8.88. The van der Waals surface area contributed by atoms with E-state index >= 15 is 0 Å². The van der Waals surface area contributed by atoms with E-state index in [0.717, 1.165) is 21.2 Å². The Labute approximate surface area is 245 Å². The van der Waals surface area contributed by atoms with Gasteiger partial charge in [0.25, 0.3) is 5.56 Å². The maximum Gasteiger partial charge on any atom is 0.338 e. The summed E-state index contributed by atoms with van der Waals surface area (Å²) in [6, 6.07) is 14.5. The zero-order valence-electron chi connectivity index (χ0n) is 21.6. The number of carbonyl (C=O) groups is 1. The number of hydrogen-bond acceptors (Lipinski definition) is 7. The number of aromatic nitrogens is 1. The number of aryl methyl sites for hydroxylation is 1. The number of furan rings is 1. The highest BCUT2D eigenvalue weighted by atomic mass is 79.9. The lowest BCUT2D eigenvalue weighted by Crippen LogP contribution is -2.39. The monoisotopic (exact) mass is 670 g/mol. The van der Waals surface area contributed by atoms with E-state index in [2.05, 4.69) is 36.9 Å². The number of hydrogen-bond donors (Lipinski definition) is 0. The molecule has 1 aliphatic heterocycles. The SMILES string of the molecule is CCOC(=O)C1=C(C)N=c2s/c(=C/c3ccc(-c4ccc(C)cc4Br)o3)c(=O)n2[C@@H]1c1ccc(OC)c(Br)c1. The Bertz CT molecular complexity index is 1820. The van der Waals surface area contributed by atoms with E-state index in [9.17, 15) is 9.59 Å². The van der Waals surface area contributed by atoms with Gasteiger partial charge in [-0.1, -0.05) is 39.4 Å². The molecule has 0 saturated heterocycles. The van der Waals surface area contributed by atoms with Gasteiger partial charge in [0.05, 0.1) is 40.0 Å². The number of fused-ring (bicyclic) bond motifs is 1. The largest absolute Gasteiger partial charge is 0.496 e. The smallest absolute Gasteiger partial charge is 0.338 e. The summed E-state index contributed by atoms with van der Waals surface area (Å²) in [5.41, 5.74) is 3.31. The molecule has 10 heteroatoms. The number of ether oxygens (including phenoxy) is 2. The molecular weight excluding hydrogens is 648 g/mol. The van der Waals surface area contributed by atoms with E-state index in [1.54, 1.807) is 37.7 Å². The summed E-state index contributed by atoms with van der Waals surface area (Å²) in [7, 11) is 1.58. The average molecular weight is 672 g/mol. The zero-order valence-corrected chi connectivity index (χ0v) is 25.6. The van der Waals surface area contributed by atoms with Gasteiger partial charge in [0.1, 0.15) is 17.3 Å². The molecule has 3 heterocycles. The van der Waals surface area contributed by atoms with Crippen LogP contribution >= 0.6 is 43.2 Å². The van der Waals surface area contributed by atoms with Gasteiger partial charge < -0.3 is 13.9 Å². The van der Waals surface area contributed by atoms with Gasteiger partial charge in [-0.05, 0) is 84.2 Å². The topological polar surface area (TPSA) is 83.0 Å². The molecule has 2 aromatic carbocycles. The Kier molecular flexibility index (Phi) is 7.80. The predicted molar refractivity (Wildman–Crippen MR) is 158 cm³/mol. The van der Waals surface area contributed by atoms with Crippen molar-refractivity contribution in [3.8, 4) is 17.1 Å². The van der Waals surface area contributed by atoms with E-state index < -0.39 is 12.0 Å². The number of carbonyl (C=O) groups excluding carboxylic acids is 1. The molecule has 0 aliphatic carbocycles. The highest BCUT2D eigenvalue weighted by molar-refractivity contribution is 9.11. The van der Waals surface area contributed by atoms with Crippen LogP contribution in [-0.2, 0) is 9.53 Å². The van der Waals surface area contributed by atoms with Crippen LogP contribution in [0.5, 0.6) is 5.75 Å². The molecule has 1 atom stereocenters. The van der Waals surface area contributed by atoms with Crippen LogP contribution in [0.1, 0.15) is 36.8 Å². The maximum atomic E-state index is 13.8. The van der Waals surface area contributed by atoms with Crippen LogP contribution < -0.4 is 19.6 Å². The minimum absolute atomic E-state index is 0.205. The fourth-order valence-electron chi connectivity index (χ4n) is 4.48. The number of thiazole rings is 1. The third kappa shape index (κ3) is 5.20. The molecule has 200 valence electrons. The second-order valence-corrected chi connectivity index (χ2v) is 11.6. The average Bonchev–Trinajstić information content (AvgIpc) is 3.47. The standard InChI is InChI=1S/C29H24Br2N2O5S/c1-5-37-28(35)25-16(3)32-29-33(26(25)17-7-10-23(36-4)21(31)13-17)27(34)24(39-29)14-18-8-11-22(38-18)19-9-6-15(2)12-20(19)30/h6-14,26H,5H2,1-4H3/b24-14+/t26-/m1/s1. The first kappa shape index (κ1) is 27.4. The quantitative estimate of drug-likeness (QED) is 0.239. The highest BCUT2D eigenvalue weighted by Gasteiger charge is 2.33. The van der Waals surface area contributed by atoms with Gasteiger partial charge in [-0.15, -0.1) is 0 Å². The van der Waals surface area contributed by atoms with Crippen LogP contribution in [0.2, 0.25) is 0 Å². The Morgan fingerprint density at radius 3 is 2.62 bits per heavy atom. The lowest BCUT2D eigenvalue weighted by atomic mass is 9.96. The second kappa shape index (κ2) is 11.1. The first-order valence-electron chi connectivity index (χ1n) is 12.1. The van der Waals surface area contributed by atoms with Gasteiger partial charge in [-0.3, -0.25) is 9.36 Å². The van der Waals surface area contributed by atoms with Crippen LogP contribution in [0, 0.1) is 6.92 Å². The van der Waals surface area contributed by atoms with Crippen molar-refractivity contribution in [2.75, 3.05) is 13.7 Å². The number of nitrogens with zero attached hydrogens (tertiary/aromatic N) is 2. The van der Waals surface area contributed by atoms with Gasteiger partial charge in [0.2, 0.25) is 0 Å². The van der Waals surface area contributed by atoms with Gasteiger partial charge in [0, 0.05) is 16.1 Å². The molecule has 39 heavy (non-hydrogen) atoms. The van der Waals surface area contributed by atoms with Crippen LogP contribution in [0.25, 0.3) is 17.4 Å². The molecule has 0 saturated carbocycles. The molecule has 0 bridgehead atoms. The molecular formula is C29H24Br2N2O5S. The number of halogens is 2. The molecule has 5 rings (SSSR count). The van der Waals surface area contributed by atoms with Crippen molar-refractivity contribution in [2.24, 2.45) is 4.99 Å². The Morgan fingerprint density at radius 1 is 1.13 bits per heavy atom. The minimum atomic E-state index is -0.722. The summed E-state index contributed by atoms with van der Waals surface area (Å²) in [6.45, 7) is 5.73. The number of allylic oxidation sites excluding steroid dienone is 1. The molecule has 0 radical (unpaired) electrons. The molecule has 0 amide bonds. The molecule has 0 spiro atoms. The van der Waals surface area contributed by atoms with Crippen molar-refractivity contribution in [2.45, 2.75) is 26.8 Å². The summed E-state index contributed by atoms with van der Waals surface area (Å²) >= 11 is 8.37. The molecule has 1 aliphatic rings. The fraction of sp³-hybridized carbons (Fsp3) is 0.207.